The van der Waals surface area contributed by atoms with Gasteiger partial charge in [0.15, 0.2) is 5.13 Å². The van der Waals surface area contributed by atoms with Gasteiger partial charge in [0, 0.05) is 21.1 Å². The van der Waals surface area contributed by atoms with Crippen molar-refractivity contribution in [2.24, 2.45) is 0 Å². The minimum Gasteiger partial charge on any atom is -0.497 e. The largest absolute Gasteiger partial charge is 0.497 e. The van der Waals surface area contributed by atoms with Gasteiger partial charge in [-0.2, -0.15) is 0 Å². The van der Waals surface area contributed by atoms with Crippen LogP contribution in [-0.2, 0) is 0 Å². The quantitative estimate of drug-likeness (QED) is 0.546. The lowest BCUT2D eigenvalue weighted by Gasteiger charge is -2.02. The number of hydrogen-bond donors (Lipinski definition) is 1. The molecule has 3 nitrogen and oxygen atoms in total. The van der Waals surface area contributed by atoms with E-state index in [-0.39, 0.29) is 17.0 Å². The molecule has 1 N–H and O–H groups in total. The summed E-state index contributed by atoms with van der Waals surface area (Å²) < 4.78 is 6.23. The maximum Gasteiger partial charge on any atom is 0.187 e. The van der Waals surface area contributed by atoms with Crippen LogP contribution in [0.2, 0.25) is 0 Å². The SMILES string of the molecule is Br.COc1ccc(-c2csc(Nc3ccc(Br)cc3)n2)cc1. The second-order valence-electron chi connectivity index (χ2n) is 4.40. The van der Waals surface area contributed by atoms with Gasteiger partial charge in [-0.1, -0.05) is 15.9 Å². The van der Waals surface area contributed by atoms with E-state index in [0.29, 0.717) is 0 Å². The highest BCUT2D eigenvalue weighted by atomic mass is 79.9. The lowest BCUT2D eigenvalue weighted by molar-refractivity contribution is 0.415. The Hall–Kier alpha value is -1.37. The molecule has 0 unspecified atom stereocenters. The number of benzene rings is 2. The van der Waals surface area contributed by atoms with Gasteiger partial charge in [-0.15, -0.1) is 28.3 Å². The van der Waals surface area contributed by atoms with Crippen LogP contribution < -0.4 is 10.1 Å². The first-order valence-corrected chi connectivity index (χ1v) is 8.04. The number of anilines is 2. The van der Waals surface area contributed by atoms with Crippen LogP contribution in [0.25, 0.3) is 11.3 Å². The molecule has 114 valence electrons. The predicted molar refractivity (Wildman–Crippen MR) is 102 cm³/mol. The summed E-state index contributed by atoms with van der Waals surface area (Å²) in [4.78, 5) is 4.61. The Morgan fingerprint density at radius 2 is 1.73 bits per heavy atom. The van der Waals surface area contributed by atoms with Crippen molar-refractivity contribution in [2.75, 3.05) is 12.4 Å². The van der Waals surface area contributed by atoms with Gasteiger partial charge in [-0.25, -0.2) is 4.98 Å². The molecule has 3 rings (SSSR count). The molecule has 3 aromatic rings. The number of nitrogens with zero attached hydrogens (tertiary/aromatic N) is 1. The number of nitrogens with one attached hydrogen (secondary N) is 1. The van der Waals surface area contributed by atoms with Gasteiger partial charge >= 0.3 is 0 Å². The number of ether oxygens (including phenoxy) is 1. The molecule has 0 aliphatic heterocycles. The van der Waals surface area contributed by atoms with Crippen LogP contribution in [-0.4, -0.2) is 12.1 Å². The van der Waals surface area contributed by atoms with Crippen LogP contribution in [0.1, 0.15) is 0 Å². The van der Waals surface area contributed by atoms with Crippen molar-refractivity contribution in [1.82, 2.24) is 4.98 Å². The Balaban J connectivity index is 0.00000176. The molecule has 0 spiro atoms. The maximum absolute atomic E-state index is 5.16. The standard InChI is InChI=1S/C16H13BrN2OS.BrH/c1-20-14-8-2-11(3-9-14)15-10-21-16(19-15)18-13-6-4-12(17)5-7-13;/h2-10H,1H3,(H,18,19);1H. The fourth-order valence-electron chi connectivity index (χ4n) is 1.88. The first-order chi connectivity index (χ1) is 10.2. The number of aromatic nitrogens is 1. The van der Waals surface area contributed by atoms with Crippen LogP contribution >= 0.6 is 44.2 Å². The Bertz CT molecular complexity index is 727. The molecule has 0 aliphatic rings. The third-order valence-electron chi connectivity index (χ3n) is 2.99. The van der Waals surface area contributed by atoms with Crippen molar-refractivity contribution in [3.05, 3.63) is 58.4 Å². The maximum atomic E-state index is 5.16. The monoisotopic (exact) mass is 440 g/mol. The zero-order valence-electron chi connectivity index (χ0n) is 11.7. The fraction of sp³-hybridized carbons (Fsp3) is 0.0625. The average Bonchev–Trinajstić information content (AvgIpc) is 2.98. The lowest BCUT2D eigenvalue weighted by atomic mass is 10.2. The van der Waals surface area contributed by atoms with Crippen molar-refractivity contribution >= 4 is 55.1 Å². The Labute approximate surface area is 152 Å². The van der Waals surface area contributed by atoms with E-state index >= 15 is 0 Å². The lowest BCUT2D eigenvalue weighted by Crippen LogP contribution is -1.89. The molecule has 0 atom stereocenters. The summed E-state index contributed by atoms with van der Waals surface area (Å²) in [6.45, 7) is 0. The molecule has 0 radical (unpaired) electrons. The third kappa shape index (κ3) is 4.09. The summed E-state index contributed by atoms with van der Waals surface area (Å²) >= 11 is 5.01. The van der Waals surface area contributed by atoms with E-state index in [1.165, 1.54) is 0 Å². The van der Waals surface area contributed by atoms with Gasteiger partial charge in [-0.05, 0) is 48.5 Å². The first kappa shape index (κ1) is 17.0. The summed E-state index contributed by atoms with van der Waals surface area (Å²) in [5.74, 6) is 0.849. The molecule has 0 fully saturated rings. The second-order valence-corrected chi connectivity index (χ2v) is 6.17. The molecule has 2 aromatic carbocycles. The fourth-order valence-corrected chi connectivity index (χ4v) is 2.89. The van der Waals surface area contributed by atoms with Gasteiger partial charge in [0.25, 0.3) is 0 Å². The summed E-state index contributed by atoms with van der Waals surface area (Å²) in [5, 5.41) is 6.23. The molecule has 0 saturated carbocycles. The van der Waals surface area contributed by atoms with Crippen LogP contribution in [0.5, 0.6) is 5.75 Å². The minimum atomic E-state index is 0. The number of thiazole rings is 1. The van der Waals surface area contributed by atoms with Gasteiger partial charge in [0.2, 0.25) is 0 Å². The van der Waals surface area contributed by atoms with E-state index in [4.69, 9.17) is 4.74 Å². The molecule has 0 bridgehead atoms. The van der Waals surface area contributed by atoms with Gasteiger partial charge in [0.1, 0.15) is 5.75 Å². The summed E-state index contributed by atoms with van der Waals surface area (Å²) in [5.41, 5.74) is 3.06. The Kier molecular flexibility index (Phi) is 5.99. The zero-order valence-corrected chi connectivity index (χ0v) is 15.9. The highest BCUT2D eigenvalue weighted by Crippen LogP contribution is 2.28. The van der Waals surface area contributed by atoms with Crippen LogP contribution in [0.3, 0.4) is 0 Å². The number of methoxy groups -OCH3 is 1. The first-order valence-electron chi connectivity index (χ1n) is 6.37. The zero-order chi connectivity index (χ0) is 14.7. The van der Waals surface area contributed by atoms with E-state index in [1.807, 2.05) is 53.9 Å². The van der Waals surface area contributed by atoms with Crippen molar-refractivity contribution in [2.45, 2.75) is 0 Å². The van der Waals surface area contributed by atoms with Gasteiger partial charge in [0.05, 0.1) is 12.8 Å². The van der Waals surface area contributed by atoms with Crippen molar-refractivity contribution in [3.63, 3.8) is 0 Å². The normalized spacial score (nSPS) is 9.91. The highest BCUT2D eigenvalue weighted by molar-refractivity contribution is 9.10. The van der Waals surface area contributed by atoms with Crippen LogP contribution in [0.4, 0.5) is 10.8 Å². The van der Waals surface area contributed by atoms with Gasteiger partial charge in [-0.3, -0.25) is 0 Å². The van der Waals surface area contributed by atoms with E-state index in [1.54, 1.807) is 18.4 Å². The minimum absolute atomic E-state index is 0. The van der Waals surface area contributed by atoms with Crippen LogP contribution in [0, 0.1) is 0 Å². The van der Waals surface area contributed by atoms with E-state index in [2.05, 4.69) is 26.2 Å². The molecule has 0 amide bonds. The van der Waals surface area contributed by atoms with E-state index in [0.717, 1.165) is 32.3 Å². The molecule has 22 heavy (non-hydrogen) atoms. The molecule has 1 heterocycles. The molecule has 0 aliphatic carbocycles. The summed E-state index contributed by atoms with van der Waals surface area (Å²) in [7, 11) is 1.66. The smallest absolute Gasteiger partial charge is 0.187 e. The molecule has 0 saturated heterocycles. The highest BCUT2D eigenvalue weighted by Gasteiger charge is 2.05. The topological polar surface area (TPSA) is 34.1 Å². The van der Waals surface area contributed by atoms with E-state index in [9.17, 15) is 0 Å². The summed E-state index contributed by atoms with van der Waals surface area (Å²) in [6.07, 6.45) is 0. The molecular formula is C16H14Br2N2OS. The van der Waals surface area contributed by atoms with Crippen molar-refractivity contribution in [3.8, 4) is 17.0 Å². The van der Waals surface area contributed by atoms with Crippen LogP contribution in [0.15, 0.2) is 58.4 Å². The second kappa shape index (κ2) is 7.76. The number of hydrogen-bond acceptors (Lipinski definition) is 4. The van der Waals surface area contributed by atoms with E-state index < -0.39 is 0 Å². The summed E-state index contributed by atoms with van der Waals surface area (Å²) in [6, 6.07) is 15.9. The molecule has 6 heteroatoms. The average molecular weight is 442 g/mol. The Morgan fingerprint density at radius 3 is 2.36 bits per heavy atom. The van der Waals surface area contributed by atoms with Crippen molar-refractivity contribution in [1.29, 1.82) is 0 Å². The molecule has 1 aromatic heterocycles. The van der Waals surface area contributed by atoms with Crippen molar-refractivity contribution < 1.29 is 4.74 Å². The predicted octanol–water partition coefficient (Wildman–Crippen LogP) is 5.90. The third-order valence-corrected chi connectivity index (χ3v) is 4.27. The number of halogens is 2. The number of rotatable bonds is 4. The van der Waals surface area contributed by atoms with Gasteiger partial charge < -0.3 is 10.1 Å². The Morgan fingerprint density at radius 1 is 1.05 bits per heavy atom. The molecular weight excluding hydrogens is 428 g/mol.